The van der Waals surface area contributed by atoms with Gasteiger partial charge in [-0.05, 0) is 12.8 Å². The smallest absolute Gasteiger partial charge is 0.421 e. The molecule has 1 heterocycles. The van der Waals surface area contributed by atoms with Gasteiger partial charge in [0.2, 0.25) is 0 Å². The summed E-state index contributed by atoms with van der Waals surface area (Å²) in [4.78, 5) is 0. The second-order valence-electron chi connectivity index (χ2n) is 5.34. The van der Waals surface area contributed by atoms with Crippen molar-refractivity contribution in [2.45, 2.75) is 63.6 Å². The van der Waals surface area contributed by atoms with Crippen molar-refractivity contribution in [3.63, 3.8) is 0 Å². The van der Waals surface area contributed by atoms with Crippen LogP contribution < -0.4 is 4.68 Å². The van der Waals surface area contributed by atoms with E-state index in [-0.39, 0.29) is 0 Å². The van der Waals surface area contributed by atoms with Crippen LogP contribution in [-0.2, 0) is 33.1 Å². The highest BCUT2D eigenvalue weighted by atomic mass is 32.3. The van der Waals surface area contributed by atoms with Gasteiger partial charge in [-0.1, -0.05) is 26.7 Å². The van der Waals surface area contributed by atoms with Crippen LogP contribution in [0.3, 0.4) is 0 Å². The summed E-state index contributed by atoms with van der Waals surface area (Å²) in [5.74, 6) is 0. The van der Waals surface area contributed by atoms with Crippen molar-refractivity contribution in [1.82, 2.24) is 9.90 Å². The minimum absolute atomic E-state index is 0.778. The molecule has 0 amide bonds. The molecular formula is C12H20F6N4O4S2. The van der Waals surface area contributed by atoms with Crippen molar-refractivity contribution >= 4 is 20.0 Å². The zero-order valence-electron chi connectivity index (χ0n) is 14.9. The topological polar surface area (TPSA) is 104 Å². The lowest BCUT2D eigenvalue weighted by Gasteiger charge is -2.22. The standard InChI is InChI=1S/C10H20N3.C2F6NO4S2/c1-3-5-7-12-9-10-13(11-12)8-6-4-2;3-1(4,5)14(10,11)9-15(12,13)2(6,7)8/h9-10H,3-8H2,1-2H3;/q+1;-1. The lowest BCUT2D eigenvalue weighted by Crippen LogP contribution is -2.36. The Morgan fingerprint density at radius 1 is 0.929 bits per heavy atom. The first-order chi connectivity index (χ1) is 12.6. The summed E-state index contributed by atoms with van der Waals surface area (Å²) in [7, 11) is -13.4. The van der Waals surface area contributed by atoms with Crippen molar-refractivity contribution in [3.05, 3.63) is 16.5 Å². The van der Waals surface area contributed by atoms with Crippen LogP contribution >= 0.6 is 0 Å². The van der Waals surface area contributed by atoms with Gasteiger partial charge in [0.25, 0.3) is 0 Å². The van der Waals surface area contributed by atoms with Crippen LogP contribution in [0.4, 0.5) is 26.3 Å². The van der Waals surface area contributed by atoms with Crippen molar-refractivity contribution in [2.75, 3.05) is 0 Å². The van der Waals surface area contributed by atoms with Crippen molar-refractivity contribution in [3.8, 4) is 0 Å². The summed E-state index contributed by atoms with van der Waals surface area (Å²) in [6, 6.07) is 0. The van der Waals surface area contributed by atoms with E-state index in [1.54, 1.807) is 0 Å². The molecule has 1 rings (SSSR count). The Kier molecular flexibility index (Phi) is 9.86. The van der Waals surface area contributed by atoms with Crippen LogP contribution in [0.1, 0.15) is 39.5 Å². The summed E-state index contributed by atoms with van der Waals surface area (Å²) in [6.07, 6.45) is 9.02. The maximum Gasteiger partial charge on any atom is 0.480 e. The van der Waals surface area contributed by atoms with E-state index in [9.17, 15) is 43.2 Å². The number of rotatable bonds is 8. The summed E-state index contributed by atoms with van der Waals surface area (Å²) in [5, 5.41) is 4.42. The van der Waals surface area contributed by atoms with Crippen LogP contribution in [0.5, 0.6) is 0 Å². The predicted octanol–water partition coefficient (Wildman–Crippen LogP) is 2.83. The maximum atomic E-state index is 11.4. The molecule has 0 fully saturated rings. The molecule has 0 aromatic carbocycles. The Bertz CT molecular complexity index is 738. The van der Waals surface area contributed by atoms with Gasteiger partial charge in [0.1, 0.15) is 13.1 Å². The lowest BCUT2D eigenvalue weighted by molar-refractivity contribution is -0.755. The molecule has 8 nitrogen and oxygen atoms in total. The lowest BCUT2D eigenvalue weighted by atomic mass is 10.3. The monoisotopic (exact) mass is 462 g/mol. The molecule has 0 atom stereocenters. The normalized spacial score (nSPS) is 13.1. The average molecular weight is 462 g/mol. The molecule has 1 aromatic rings. The van der Waals surface area contributed by atoms with Gasteiger partial charge in [0.15, 0.2) is 32.4 Å². The summed E-state index contributed by atoms with van der Waals surface area (Å²) < 4.78 is 113. The second kappa shape index (κ2) is 10.4. The van der Waals surface area contributed by atoms with E-state index >= 15 is 0 Å². The third kappa shape index (κ3) is 8.72. The van der Waals surface area contributed by atoms with Gasteiger partial charge >= 0.3 is 11.0 Å². The zero-order chi connectivity index (χ0) is 22.2. The third-order valence-corrected chi connectivity index (χ3v) is 5.64. The highest BCUT2D eigenvalue weighted by Gasteiger charge is 2.46. The van der Waals surface area contributed by atoms with Crippen molar-refractivity contribution in [1.29, 1.82) is 0 Å². The predicted molar refractivity (Wildman–Crippen MR) is 85.5 cm³/mol. The summed E-state index contributed by atoms with van der Waals surface area (Å²) in [6.45, 7) is 6.51. The quantitative estimate of drug-likeness (QED) is 0.437. The van der Waals surface area contributed by atoms with E-state index in [0.29, 0.717) is 0 Å². The first-order valence-corrected chi connectivity index (χ1v) is 10.8. The summed E-state index contributed by atoms with van der Waals surface area (Å²) in [5.41, 5.74) is -12.4. The molecule has 0 N–H and O–H groups in total. The fourth-order valence-corrected chi connectivity index (χ4v) is 3.16. The van der Waals surface area contributed by atoms with Gasteiger partial charge in [0.05, 0.1) is 5.21 Å². The number of aryl methyl sites for hydroxylation is 2. The van der Waals surface area contributed by atoms with Gasteiger partial charge in [-0.3, -0.25) is 0 Å². The Morgan fingerprint density at radius 3 is 1.79 bits per heavy atom. The Morgan fingerprint density at radius 2 is 1.39 bits per heavy atom. The Hall–Kier alpha value is -1.42. The molecule has 0 saturated carbocycles. The van der Waals surface area contributed by atoms with Crippen molar-refractivity contribution in [2.24, 2.45) is 0 Å². The van der Waals surface area contributed by atoms with Gasteiger partial charge < -0.3 is 4.13 Å². The number of halogens is 6. The molecule has 0 aliphatic rings. The summed E-state index contributed by atoms with van der Waals surface area (Å²) >= 11 is 0. The molecule has 0 radical (unpaired) electrons. The number of aromatic nitrogens is 3. The van der Waals surface area contributed by atoms with E-state index in [4.69, 9.17) is 0 Å². The molecule has 0 aliphatic heterocycles. The Balaban J connectivity index is 0.000000525. The second-order valence-corrected chi connectivity index (χ2v) is 8.76. The third-order valence-electron chi connectivity index (χ3n) is 2.90. The van der Waals surface area contributed by atoms with Crippen LogP contribution in [0, 0.1) is 0 Å². The van der Waals surface area contributed by atoms with E-state index in [0.717, 1.165) is 17.2 Å². The maximum absolute atomic E-state index is 11.4. The van der Waals surface area contributed by atoms with E-state index in [1.165, 1.54) is 25.7 Å². The fourth-order valence-electron chi connectivity index (χ4n) is 1.45. The van der Waals surface area contributed by atoms with Crippen LogP contribution in [-0.4, -0.2) is 37.7 Å². The van der Waals surface area contributed by atoms with Gasteiger partial charge in [-0.25, -0.2) is 16.8 Å². The molecule has 28 heavy (non-hydrogen) atoms. The largest absolute Gasteiger partial charge is 0.480 e. The molecule has 0 unspecified atom stereocenters. The molecule has 166 valence electrons. The molecular weight excluding hydrogens is 442 g/mol. The first kappa shape index (κ1) is 26.6. The number of hydrogen-bond donors (Lipinski definition) is 0. The highest BCUT2D eigenvalue weighted by Crippen LogP contribution is 2.36. The average Bonchev–Trinajstić information content (AvgIpc) is 2.96. The van der Waals surface area contributed by atoms with Gasteiger partial charge in [0, 0.05) is 0 Å². The molecule has 0 saturated heterocycles. The number of sulfonamides is 2. The number of alkyl halides is 6. The zero-order valence-corrected chi connectivity index (χ0v) is 16.5. The SMILES string of the molecule is CCCCn1cc[n+](CCCC)n1.O=S(=O)([N-]S(=O)(=O)C(F)(F)F)C(F)(F)F. The van der Waals surface area contributed by atoms with Crippen molar-refractivity contribution < 1.29 is 47.9 Å². The fraction of sp³-hybridized carbons (Fsp3) is 0.833. The highest BCUT2D eigenvalue weighted by molar-refractivity contribution is 8.13. The molecule has 0 spiro atoms. The van der Waals surface area contributed by atoms with E-state index in [1.807, 2.05) is 9.36 Å². The number of nitrogens with zero attached hydrogens (tertiary/aromatic N) is 4. The van der Waals surface area contributed by atoms with Crippen LogP contribution in [0.2, 0.25) is 0 Å². The number of unbranched alkanes of at least 4 members (excludes halogenated alkanes) is 2. The van der Waals surface area contributed by atoms with Crippen LogP contribution in [0.25, 0.3) is 4.13 Å². The molecule has 1 aromatic heterocycles. The first-order valence-electron chi connectivity index (χ1n) is 7.87. The molecule has 0 bridgehead atoms. The minimum atomic E-state index is -6.72. The van der Waals surface area contributed by atoms with E-state index < -0.39 is 31.1 Å². The van der Waals surface area contributed by atoms with Gasteiger partial charge in [-0.2, -0.15) is 26.3 Å². The van der Waals surface area contributed by atoms with Gasteiger partial charge in [-0.15, -0.1) is 9.36 Å². The van der Waals surface area contributed by atoms with E-state index in [2.05, 4.69) is 31.5 Å². The molecule has 0 aliphatic carbocycles. The minimum Gasteiger partial charge on any atom is -0.421 e. The molecule has 16 heteroatoms. The Labute approximate surface area is 158 Å². The van der Waals surface area contributed by atoms with Crippen LogP contribution in [0.15, 0.2) is 12.4 Å². The number of hydrogen-bond acceptors (Lipinski definition) is 5.